The van der Waals surface area contributed by atoms with E-state index < -0.39 is 0 Å². The van der Waals surface area contributed by atoms with E-state index in [-0.39, 0.29) is 0 Å². The molecule has 0 aliphatic rings. The number of benzene rings is 1. The molecule has 96 valence electrons. The van der Waals surface area contributed by atoms with Crippen LogP contribution in [0.25, 0.3) is 33.3 Å². The Morgan fingerprint density at radius 1 is 0.950 bits per heavy atom. The van der Waals surface area contributed by atoms with Crippen LogP contribution in [-0.2, 0) is 0 Å². The van der Waals surface area contributed by atoms with Crippen LogP contribution < -0.4 is 0 Å². The maximum atomic E-state index is 5.98. The standard InChI is InChI=1S/C17H12N2O/c1-11-6-8-18-14(10-11)12-7-9-19-16-13-4-2-3-5-15(13)20-17(12)16/h2-10H,1H3. The van der Waals surface area contributed by atoms with Crippen LogP contribution in [0, 0.1) is 6.92 Å². The minimum atomic E-state index is 0.798. The Labute approximate surface area is 115 Å². The van der Waals surface area contributed by atoms with Gasteiger partial charge in [-0.1, -0.05) is 12.1 Å². The summed E-state index contributed by atoms with van der Waals surface area (Å²) in [4.78, 5) is 8.90. The highest BCUT2D eigenvalue weighted by molar-refractivity contribution is 6.06. The number of furan rings is 1. The molecule has 0 saturated heterocycles. The van der Waals surface area contributed by atoms with Gasteiger partial charge in [-0.25, -0.2) is 0 Å². The van der Waals surface area contributed by atoms with Crippen LogP contribution in [0.3, 0.4) is 0 Å². The third-order valence-electron chi connectivity index (χ3n) is 3.45. The second kappa shape index (κ2) is 4.17. The van der Waals surface area contributed by atoms with Crippen molar-refractivity contribution < 1.29 is 4.42 Å². The fourth-order valence-electron chi connectivity index (χ4n) is 2.49. The molecular weight excluding hydrogens is 248 g/mol. The summed E-state index contributed by atoms with van der Waals surface area (Å²) in [7, 11) is 0. The molecule has 0 saturated carbocycles. The van der Waals surface area contributed by atoms with Crippen LogP contribution in [0.4, 0.5) is 0 Å². The van der Waals surface area contributed by atoms with E-state index in [4.69, 9.17) is 4.42 Å². The summed E-state index contributed by atoms with van der Waals surface area (Å²) in [5.74, 6) is 0. The SMILES string of the molecule is Cc1ccnc(-c2ccnc3c2oc2ccccc23)c1. The quantitative estimate of drug-likeness (QED) is 0.510. The third-order valence-corrected chi connectivity index (χ3v) is 3.45. The lowest BCUT2D eigenvalue weighted by Gasteiger charge is -2.02. The van der Waals surface area contributed by atoms with E-state index in [1.54, 1.807) is 0 Å². The fraction of sp³-hybridized carbons (Fsp3) is 0.0588. The molecule has 0 spiro atoms. The zero-order valence-corrected chi connectivity index (χ0v) is 11.0. The van der Waals surface area contributed by atoms with E-state index in [1.807, 2.05) is 48.8 Å². The Morgan fingerprint density at radius 3 is 2.70 bits per heavy atom. The normalized spacial score (nSPS) is 11.2. The van der Waals surface area contributed by atoms with Gasteiger partial charge in [0, 0.05) is 23.3 Å². The first-order valence-corrected chi connectivity index (χ1v) is 6.52. The highest BCUT2D eigenvalue weighted by atomic mass is 16.3. The highest BCUT2D eigenvalue weighted by Gasteiger charge is 2.13. The second-order valence-corrected chi connectivity index (χ2v) is 4.85. The molecule has 0 radical (unpaired) electrons. The van der Waals surface area contributed by atoms with Gasteiger partial charge in [0.15, 0.2) is 5.58 Å². The Morgan fingerprint density at radius 2 is 1.80 bits per heavy atom. The van der Waals surface area contributed by atoms with Crippen molar-refractivity contribution in [2.24, 2.45) is 0 Å². The van der Waals surface area contributed by atoms with E-state index in [0.29, 0.717) is 0 Å². The molecule has 3 nitrogen and oxygen atoms in total. The molecule has 0 aliphatic heterocycles. The molecule has 0 bridgehead atoms. The monoisotopic (exact) mass is 260 g/mol. The van der Waals surface area contributed by atoms with E-state index in [9.17, 15) is 0 Å². The van der Waals surface area contributed by atoms with Gasteiger partial charge in [-0.2, -0.15) is 0 Å². The van der Waals surface area contributed by atoms with Crippen LogP contribution in [-0.4, -0.2) is 9.97 Å². The second-order valence-electron chi connectivity index (χ2n) is 4.85. The number of para-hydroxylation sites is 1. The summed E-state index contributed by atoms with van der Waals surface area (Å²) in [5, 5.41) is 1.04. The molecule has 0 N–H and O–H groups in total. The van der Waals surface area contributed by atoms with Crippen LogP contribution in [0.1, 0.15) is 5.56 Å². The van der Waals surface area contributed by atoms with E-state index in [0.717, 1.165) is 33.3 Å². The minimum absolute atomic E-state index is 0.798. The molecule has 3 heteroatoms. The van der Waals surface area contributed by atoms with E-state index in [2.05, 4.69) is 23.0 Å². The van der Waals surface area contributed by atoms with Crippen LogP contribution >= 0.6 is 0 Å². The van der Waals surface area contributed by atoms with Gasteiger partial charge in [-0.15, -0.1) is 0 Å². The lowest BCUT2D eigenvalue weighted by Crippen LogP contribution is -1.86. The van der Waals surface area contributed by atoms with E-state index in [1.165, 1.54) is 5.56 Å². The average molecular weight is 260 g/mol. The molecule has 0 fully saturated rings. The first-order valence-electron chi connectivity index (χ1n) is 6.52. The number of rotatable bonds is 1. The number of hydrogen-bond acceptors (Lipinski definition) is 3. The van der Waals surface area contributed by atoms with Crippen LogP contribution in [0.2, 0.25) is 0 Å². The van der Waals surface area contributed by atoms with Crippen molar-refractivity contribution in [2.45, 2.75) is 6.92 Å². The topological polar surface area (TPSA) is 38.9 Å². The molecule has 4 rings (SSSR count). The van der Waals surface area contributed by atoms with Crippen molar-refractivity contribution in [1.29, 1.82) is 0 Å². The lowest BCUT2D eigenvalue weighted by molar-refractivity contribution is 0.669. The number of aryl methyl sites for hydroxylation is 1. The number of pyridine rings is 2. The van der Waals surface area contributed by atoms with Crippen molar-refractivity contribution in [3.05, 3.63) is 60.4 Å². The average Bonchev–Trinajstić information content (AvgIpc) is 2.86. The molecule has 20 heavy (non-hydrogen) atoms. The van der Waals surface area contributed by atoms with Gasteiger partial charge >= 0.3 is 0 Å². The molecule has 0 aliphatic carbocycles. The smallest absolute Gasteiger partial charge is 0.163 e. The van der Waals surface area contributed by atoms with Gasteiger partial charge in [0.05, 0.1) is 5.69 Å². The highest BCUT2D eigenvalue weighted by Crippen LogP contribution is 2.33. The molecular formula is C17H12N2O. The van der Waals surface area contributed by atoms with Crippen molar-refractivity contribution in [2.75, 3.05) is 0 Å². The van der Waals surface area contributed by atoms with Gasteiger partial charge in [0.2, 0.25) is 0 Å². The number of fused-ring (bicyclic) bond motifs is 3. The summed E-state index contributed by atoms with van der Waals surface area (Å²) in [6, 6.07) is 14.0. The fourth-order valence-corrected chi connectivity index (χ4v) is 2.49. The Hall–Kier alpha value is -2.68. The maximum Gasteiger partial charge on any atom is 0.163 e. The van der Waals surface area contributed by atoms with Crippen molar-refractivity contribution in [1.82, 2.24) is 9.97 Å². The van der Waals surface area contributed by atoms with Gasteiger partial charge in [-0.05, 0) is 42.8 Å². The first kappa shape index (κ1) is 11.2. The number of nitrogens with zero attached hydrogens (tertiary/aromatic N) is 2. The van der Waals surface area contributed by atoms with Crippen molar-refractivity contribution >= 4 is 22.1 Å². The predicted molar refractivity (Wildman–Crippen MR) is 79.5 cm³/mol. The van der Waals surface area contributed by atoms with Crippen molar-refractivity contribution in [3.63, 3.8) is 0 Å². The molecule has 4 aromatic rings. The largest absolute Gasteiger partial charge is 0.454 e. The van der Waals surface area contributed by atoms with Gasteiger partial charge in [-0.3, -0.25) is 9.97 Å². The molecule has 3 heterocycles. The zero-order valence-electron chi connectivity index (χ0n) is 11.0. The molecule has 0 atom stereocenters. The summed E-state index contributed by atoms with van der Waals surface area (Å²) in [5.41, 5.74) is 5.62. The number of hydrogen-bond donors (Lipinski definition) is 0. The summed E-state index contributed by atoms with van der Waals surface area (Å²) < 4.78 is 5.98. The van der Waals surface area contributed by atoms with Gasteiger partial charge in [0.25, 0.3) is 0 Å². The van der Waals surface area contributed by atoms with E-state index >= 15 is 0 Å². The summed E-state index contributed by atoms with van der Waals surface area (Å²) >= 11 is 0. The molecule has 3 aromatic heterocycles. The molecule has 1 aromatic carbocycles. The summed E-state index contributed by atoms with van der Waals surface area (Å²) in [6.07, 6.45) is 3.63. The molecule has 0 unspecified atom stereocenters. The Bertz CT molecular complexity index is 924. The zero-order chi connectivity index (χ0) is 13.5. The maximum absolute atomic E-state index is 5.98. The first-order chi connectivity index (χ1) is 9.83. The lowest BCUT2D eigenvalue weighted by atomic mass is 10.1. The predicted octanol–water partition coefficient (Wildman–Crippen LogP) is 4.35. The van der Waals surface area contributed by atoms with Gasteiger partial charge in [0.1, 0.15) is 11.1 Å². The molecule has 0 amide bonds. The Kier molecular flexibility index (Phi) is 2.33. The van der Waals surface area contributed by atoms with Gasteiger partial charge < -0.3 is 4.42 Å². The third kappa shape index (κ3) is 1.60. The summed E-state index contributed by atoms with van der Waals surface area (Å²) in [6.45, 7) is 2.06. The minimum Gasteiger partial charge on any atom is -0.454 e. The van der Waals surface area contributed by atoms with Crippen molar-refractivity contribution in [3.8, 4) is 11.3 Å². The van der Waals surface area contributed by atoms with Crippen LogP contribution in [0.15, 0.2) is 59.3 Å². The van der Waals surface area contributed by atoms with Crippen LogP contribution in [0.5, 0.6) is 0 Å². The number of aromatic nitrogens is 2. The Balaban J connectivity index is 2.10.